The number of nitrogens with one attached hydrogen (secondary N) is 1. The van der Waals surface area contributed by atoms with Gasteiger partial charge >= 0.3 is 0 Å². The Kier molecular flexibility index (Phi) is 2.99. The van der Waals surface area contributed by atoms with Gasteiger partial charge in [-0.1, -0.05) is 0 Å². The van der Waals surface area contributed by atoms with E-state index in [1.54, 1.807) is 6.20 Å². The average Bonchev–Trinajstić information content (AvgIpc) is 2.81. The van der Waals surface area contributed by atoms with E-state index in [2.05, 4.69) is 20.2 Å². The molecule has 1 aromatic carbocycles. The minimum atomic E-state index is -0.887. The lowest BCUT2D eigenvalue weighted by Crippen LogP contribution is -2.39. The van der Waals surface area contributed by atoms with Crippen molar-refractivity contribution in [3.05, 3.63) is 30.0 Å². The molecule has 2 bridgehead atoms. The van der Waals surface area contributed by atoms with Gasteiger partial charge in [-0.15, -0.1) is 0 Å². The second-order valence-electron chi connectivity index (χ2n) is 5.94. The minimum Gasteiger partial charge on any atom is -0.353 e. The highest BCUT2D eigenvalue weighted by atomic mass is 19.2. The van der Waals surface area contributed by atoms with Crippen molar-refractivity contribution < 1.29 is 8.78 Å². The van der Waals surface area contributed by atoms with Crippen LogP contribution in [0.25, 0.3) is 11.0 Å². The fourth-order valence-electron chi connectivity index (χ4n) is 3.28. The standard InChI is InChI=1S/C15H16F2N4/c16-11-3-13-14(4-12(11)17)20-15(6-19-13)21-7-9-1-2-10(8-21)18-5-9/h3-4,6,9-10,18H,1-2,5,7-8H2. The van der Waals surface area contributed by atoms with Gasteiger partial charge in [0.2, 0.25) is 0 Å². The Balaban J connectivity index is 1.71. The number of fused-ring (bicyclic) bond motifs is 5. The summed E-state index contributed by atoms with van der Waals surface area (Å²) in [5, 5.41) is 3.54. The van der Waals surface area contributed by atoms with E-state index in [0.29, 0.717) is 23.0 Å². The lowest BCUT2D eigenvalue weighted by atomic mass is 9.97. The largest absolute Gasteiger partial charge is 0.353 e. The molecule has 110 valence electrons. The van der Waals surface area contributed by atoms with Crippen LogP contribution < -0.4 is 10.2 Å². The topological polar surface area (TPSA) is 41.1 Å². The Morgan fingerprint density at radius 2 is 1.90 bits per heavy atom. The van der Waals surface area contributed by atoms with Gasteiger partial charge in [-0.25, -0.2) is 13.8 Å². The molecule has 3 fully saturated rings. The van der Waals surface area contributed by atoms with Gasteiger partial charge in [-0.05, 0) is 25.3 Å². The van der Waals surface area contributed by atoms with Crippen LogP contribution in [0.5, 0.6) is 0 Å². The van der Waals surface area contributed by atoms with E-state index < -0.39 is 11.6 Å². The summed E-state index contributed by atoms with van der Waals surface area (Å²) in [5.74, 6) is -0.409. The third-order valence-corrected chi connectivity index (χ3v) is 4.43. The molecule has 4 heterocycles. The molecule has 1 N–H and O–H groups in total. The first-order chi connectivity index (χ1) is 10.2. The summed E-state index contributed by atoms with van der Waals surface area (Å²) in [6, 6.07) is 2.69. The summed E-state index contributed by atoms with van der Waals surface area (Å²) in [4.78, 5) is 10.9. The van der Waals surface area contributed by atoms with Gasteiger partial charge in [0.15, 0.2) is 11.6 Å². The van der Waals surface area contributed by atoms with Crippen molar-refractivity contribution in [2.45, 2.75) is 18.9 Å². The van der Waals surface area contributed by atoms with Crippen LogP contribution in [0, 0.1) is 17.6 Å². The van der Waals surface area contributed by atoms with Crippen LogP contribution in [0.3, 0.4) is 0 Å². The second-order valence-corrected chi connectivity index (χ2v) is 5.94. The quantitative estimate of drug-likeness (QED) is 0.873. The predicted molar refractivity (Wildman–Crippen MR) is 76.2 cm³/mol. The molecule has 4 nitrogen and oxygen atoms in total. The Labute approximate surface area is 121 Å². The van der Waals surface area contributed by atoms with Gasteiger partial charge < -0.3 is 10.2 Å². The normalized spacial score (nSPS) is 25.3. The van der Waals surface area contributed by atoms with Crippen LogP contribution >= 0.6 is 0 Å². The molecule has 3 aliphatic rings. The smallest absolute Gasteiger partial charge is 0.161 e. The first kappa shape index (κ1) is 12.9. The molecule has 1 aromatic heterocycles. The molecule has 21 heavy (non-hydrogen) atoms. The average molecular weight is 290 g/mol. The van der Waals surface area contributed by atoms with Crippen LogP contribution in [0.1, 0.15) is 12.8 Å². The maximum absolute atomic E-state index is 13.4. The molecule has 0 aliphatic carbocycles. The van der Waals surface area contributed by atoms with Crippen molar-refractivity contribution in [1.82, 2.24) is 15.3 Å². The van der Waals surface area contributed by atoms with Gasteiger partial charge in [-0.2, -0.15) is 0 Å². The van der Waals surface area contributed by atoms with E-state index in [1.807, 2.05) is 0 Å². The lowest BCUT2D eigenvalue weighted by Gasteiger charge is -2.23. The second kappa shape index (κ2) is 4.87. The fourth-order valence-corrected chi connectivity index (χ4v) is 3.28. The van der Waals surface area contributed by atoms with E-state index in [-0.39, 0.29) is 0 Å². The number of hydrogen-bond acceptors (Lipinski definition) is 4. The van der Waals surface area contributed by atoms with Crippen LogP contribution in [0.2, 0.25) is 0 Å². The fraction of sp³-hybridized carbons (Fsp3) is 0.467. The monoisotopic (exact) mass is 290 g/mol. The molecule has 0 amide bonds. The lowest BCUT2D eigenvalue weighted by molar-refractivity contribution is 0.360. The third kappa shape index (κ3) is 2.33. The molecule has 2 atom stereocenters. The van der Waals surface area contributed by atoms with E-state index in [9.17, 15) is 8.78 Å². The summed E-state index contributed by atoms with van der Waals surface area (Å²) in [5.41, 5.74) is 0.782. The van der Waals surface area contributed by atoms with Gasteiger partial charge in [0.1, 0.15) is 5.82 Å². The molecule has 2 aromatic rings. The number of piperidine rings is 1. The van der Waals surface area contributed by atoms with Crippen molar-refractivity contribution in [3.8, 4) is 0 Å². The van der Waals surface area contributed by atoms with Crippen molar-refractivity contribution in [2.75, 3.05) is 24.5 Å². The van der Waals surface area contributed by atoms with Crippen molar-refractivity contribution >= 4 is 16.9 Å². The van der Waals surface area contributed by atoms with Crippen LogP contribution in [0.15, 0.2) is 18.3 Å². The van der Waals surface area contributed by atoms with E-state index in [1.165, 1.54) is 12.8 Å². The van der Waals surface area contributed by atoms with E-state index in [0.717, 1.165) is 37.6 Å². The zero-order valence-corrected chi connectivity index (χ0v) is 11.5. The molecule has 6 heteroatoms. The van der Waals surface area contributed by atoms with Crippen LogP contribution in [-0.2, 0) is 0 Å². The maximum atomic E-state index is 13.4. The number of rotatable bonds is 1. The molecular weight excluding hydrogens is 274 g/mol. The molecule has 3 aliphatic heterocycles. The van der Waals surface area contributed by atoms with Gasteiger partial charge in [-0.3, -0.25) is 4.98 Å². The van der Waals surface area contributed by atoms with Crippen molar-refractivity contribution in [3.63, 3.8) is 0 Å². The summed E-state index contributed by atoms with van der Waals surface area (Å²) in [7, 11) is 0. The molecule has 5 rings (SSSR count). The summed E-state index contributed by atoms with van der Waals surface area (Å²) >= 11 is 0. The molecule has 0 spiro atoms. The Morgan fingerprint density at radius 1 is 1.10 bits per heavy atom. The number of aromatic nitrogens is 2. The number of hydrogen-bond donors (Lipinski definition) is 1. The molecule has 2 unspecified atom stereocenters. The highest BCUT2D eigenvalue weighted by Crippen LogP contribution is 2.26. The Bertz CT molecular complexity index is 669. The van der Waals surface area contributed by atoms with E-state index in [4.69, 9.17) is 0 Å². The summed E-state index contributed by atoms with van der Waals surface area (Å²) in [6.07, 6.45) is 4.07. The molecule has 3 saturated heterocycles. The Morgan fingerprint density at radius 3 is 2.67 bits per heavy atom. The van der Waals surface area contributed by atoms with Crippen molar-refractivity contribution in [2.24, 2.45) is 5.92 Å². The molecular formula is C15H16F2N4. The van der Waals surface area contributed by atoms with Gasteiger partial charge in [0.05, 0.1) is 17.2 Å². The van der Waals surface area contributed by atoms with Crippen molar-refractivity contribution in [1.29, 1.82) is 0 Å². The number of benzene rings is 1. The van der Waals surface area contributed by atoms with Crippen LogP contribution in [0.4, 0.5) is 14.6 Å². The first-order valence-corrected chi connectivity index (χ1v) is 7.29. The number of anilines is 1. The zero-order valence-electron chi connectivity index (χ0n) is 11.5. The zero-order chi connectivity index (χ0) is 14.4. The van der Waals surface area contributed by atoms with E-state index >= 15 is 0 Å². The highest BCUT2D eigenvalue weighted by molar-refractivity contribution is 5.75. The third-order valence-electron chi connectivity index (χ3n) is 4.43. The summed E-state index contributed by atoms with van der Waals surface area (Å²) < 4.78 is 26.6. The molecule has 0 saturated carbocycles. The van der Waals surface area contributed by atoms with Gasteiger partial charge in [0, 0.05) is 31.3 Å². The number of halogens is 2. The maximum Gasteiger partial charge on any atom is 0.161 e. The minimum absolute atomic E-state index is 0.383. The Hall–Kier alpha value is -1.82. The molecule has 0 radical (unpaired) electrons. The number of nitrogens with zero attached hydrogens (tertiary/aromatic N) is 3. The predicted octanol–water partition coefficient (Wildman–Crippen LogP) is 2.10. The SMILES string of the molecule is Fc1cc2ncc(N3CC4CCC(C3)NC4)nc2cc1F. The van der Waals surface area contributed by atoms with Crippen LogP contribution in [-0.4, -0.2) is 35.6 Å². The summed E-state index contributed by atoms with van der Waals surface area (Å²) in [6.45, 7) is 2.87. The first-order valence-electron chi connectivity index (χ1n) is 7.29. The van der Waals surface area contributed by atoms with Gasteiger partial charge in [0.25, 0.3) is 0 Å². The highest BCUT2D eigenvalue weighted by Gasteiger charge is 2.29.